The van der Waals surface area contributed by atoms with Gasteiger partial charge in [0.25, 0.3) is 0 Å². The maximum absolute atomic E-state index is 13.3. The molecule has 0 spiro atoms. The molecule has 2 aromatic heterocycles. The van der Waals surface area contributed by atoms with Crippen molar-refractivity contribution in [1.82, 2.24) is 15.2 Å². The maximum atomic E-state index is 13.3. The smallest absolute Gasteiger partial charge is 0.228 e. The lowest BCUT2D eigenvalue weighted by Gasteiger charge is -2.24. The van der Waals surface area contributed by atoms with E-state index in [9.17, 15) is 9.18 Å². The first-order valence-corrected chi connectivity index (χ1v) is 9.17. The standard InChI is InChI=1S/C22H24FN3O2/c1-26(2)20(21-7-5-13-28-21)15-25-22(27)19(14-18-6-3-4-12-24-18)16-8-10-17(23)11-9-16/h3-13,19-20H,14-15H2,1-2H3,(H,25,27). The number of rotatable bonds is 8. The lowest BCUT2D eigenvalue weighted by Crippen LogP contribution is -2.37. The Labute approximate surface area is 164 Å². The Kier molecular flexibility index (Phi) is 6.55. The Morgan fingerprint density at radius 2 is 1.93 bits per heavy atom. The van der Waals surface area contributed by atoms with Crippen molar-refractivity contribution in [2.45, 2.75) is 18.4 Å². The van der Waals surface area contributed by atoms with Gasteiger partial charge in [0.2, 0.25) is 5.91 Å². The summed E-state index contributed by atoms with van der Waals surface area (Å²) >= 11 is 0. The van der Waals surface area contributed by atoms with Crippen LogP contribution in [0.3, 0.4) is 0 Å². The number of furan rings is 1. The highest BCUT2D eigenvalue weighted by Crippen LogP contribution is 2.22. The average Bonchev–Trinajstić information content (AvgIpc) is 3.22. The van der Waals surface area contributed by atoms with Crippen LogP contribution in [0.2, 0.25) is 0 Å². The molecule has 1 amide bonds. The number of nitrogens with one attached hydrogen (secondary N) is 1. The van der Waals surface area contributed by atoms with E-state index in [-0.39, 0.29) is 17.8 Å². The SMILES string of the molecule is CN(C)C(CNC(=O)C(Cc1ccccn1)c1ccc(F)cc1)c1ccco1. The number of likely N-dealkylation sites (N-methyl/N-ethyl adjacent to an activating group) is 1. The van der Waals surface area contributed by atoms with Crippen LogP contribution in [-0.2, 0) is 11.2 Å². The molecule has 146 valence electrons. The van der Waals surface area contributed by atoms with Crippen LogP contribution in [0.4, 0.5) is 4.39 Å². The van der Waals surface area contributed by atoms with Gasteiger partial charge in [0.1, 0.15) is 11.6 Å². The second-order valence-electron chi connectivity index (χ2n) is 6.87. The number of aromatic nitrogens is 1. The van der Waals surface area contributed by atoms with Crippen molar-refractivity contribution < 1.29 is 13.6 Å². The van der Waals surface area contributed by atoms with Crippen LogP contribution in [0.1, 0.15) is 29.0 Å². The third-order valence-electron chi connectivity index (χ3n) is 4.69. The molecular formula is C22H24FN3O2. The fourth-order valence-corrected chi connectivity index (χ4v) is 3.12. The van der Waals surface area contributed by atoms with E-state index in [2.05, 4.69) is 10.3 Å². The van der Waals surface area contributed by atoms with Gasteiger partial charge in [0.05, 0.1) is 18.2 Å². The van der Waals surface area contributed by atoms with Crippen molar-refractivity contribution in [2.24, 2.45) is 0 Å². The fraction of sp³-hybridized carbons (Fsp3) is 0.273. The number of amides is 1. The molecule has 2 heterocycles. The van der Waals surface area contributed by atoms with Crippen LogP contribution in [0, 0.1) is 5.82 Å². The first kappa shape index (κ1) is 19.8. The number of benzene rings is 1. The highest BCUT2D eigenvalue weighted by molar-refractivity contribution is 5.84. The van der Waals surface area contributed by atoms with E-state index in [4.69, 9.17) is 4.42 Å². The van der Waals surface area contributed by atoms with E-state index in [1.54, 1.807) is 24.6 Å². The molecule has 0 bridgehead atoms. The molecule has 0 saturated carbocycles. The van der Waals surface area contributed by atoms with Crippen molar-refractivity contribution >= 4 is 5.91 Å². The first-order valence-electron chi connectivity index (χ1n) is 9.17. The minimum atomic E-state index is -0.463. The molecule has 0 aliphatic rings. The van der Waals surface area contributed by atoms with Crippen molar-refractivity contribution in [1.29, 1.82) is 0 Å². The van der Waals surface area contributed by atoms with Gasteiger partial charge in [-0.05, 0) is 56.1 Å². The van der Waals surface area contributed by atoms with E-state index in [1.165, 1.54) is 12.1 Å². The number of pyridine rings is 1. The van der Waals surface area contributed by atoms with Gasteiger partial charge < -0.3 is 9.73 Å². The van der Waals surface area contributed by atoms with Crippen LogP contribution in [0.25, 0.3) is 0 Å². The van der Waals surface area contributed by atoms with Gasteiger partial charge in [0.15, 0.2) is 0 Å². The van der Waals surface area contributed by atoms with E-state index in [0.717, 1.165) is 17.0 Å². The second kappa shape index (κ2) is 9.28. The number of hydrogen-bond acceptors (Lipinski definition) is 4. The summed E-state index contributed by atoms with van der Waals surface area (Å²) in [5.74, 6) is -0.134. The molecule has 28 heavy (non-hydrogen) atoms. The number of halogens is 1. The number of carbonyl (C=O) groups excluding carboxylic acids is 1. The largest absolute Gasteiger partial charge is 0.468 e. The van der Waals surface area contributed by atoms with Crippen LogP contribution >= 0.6 is 0 Å². The maximum Gasteiger partial charge on any atom is 0.228 e. The molecule has 0 aliphatic carbocycles. The molecule has 2 unspecified atom stereocenters. The highest BCUT2D eigenvalue weighted by Gasteiger charge is 2.24. The Bertz CT molecular complexity index is 865. The topological polar surface area (TPSA) is 58.4 Å². The van der Waals surface area contributed by atoms with Crippen molar-refractivity contribution in [3.8, 4) is 0 Å². The van der Waals surface area contributed by atoms with Crippen molar-refractivity contribution in [3.05, 3.63) is 89.9 Å². The van der Waals surface area contributed by atoms with E-state index in [1.807, 2.05) is 49.3 Å². The first-order chi connectivity index (χ1) is 13.5. The summed E-state index contributed by atoms with van der Waals surface area (Å²) < 4.78 is 18.8. The Balaban J connectivity index is 1.76. The van der Waals surface area contributed by atoms with Gasteiger partial charge in [-0.1, -0.05) is 18.2 Å². The summed E-state index contributed by atoms with van der Waals surface area (Å²) in [5, 5.41) is 3.02. The Morgan fingerprint density at radius 3 is 2.54 bits per heavy atom. The molecule has 0 aliphatic heterocycles. The Hall–Kier alpha value is -2.99. The summed E-state index contributed by atoms with van der Waals surface area (Å²) in [5.41, 5.74) is 1.56. The summed E-state index contributed by atoms with van der Waals surface area (Å²) in [6, 6.07) is 15.3. The summed E-state index contributed by atoms with van der Waals surface area (Å²) in [6.07, 6.45) is 3.76. The third-order valence-corrected chi connectivity index (χ3v) is 4.69. The van der Waals surface area contributed by atoms with E-state index < -0.39 is 5.92 Å². The summed E-state index contributed by atoms with van der Waals surface area (Å²) in [7, 11) is 3.87. The molecule has 0 fully saturated rings. The van der Waals surface area contributed by atoms with Gasteiger partial charge in [-0.2, -0.15) is 0 Å². The second-order valence-corrected chi connectivity index (χ2v) is 6.87. The molecule has 2 atom stereocenters. The zero-order valence-electron chi connectivity index (χ0n) is 16.0. The molecule has 1 N–H and O–H groups in total. The summed E-state index contributed by atoms with van der Waals surface area (Å²) in [6.45, 7) is 0.402. The van der Waals surface area contributed by atoms with Crippen LogP contribution < -0.4 is 5.32 Å². The molecule has 0 radical (unpaired) electrons. The Morgan fingerprint density at radius 1 is 1.14 bits per heavy atom. The quantitative estimate of drug-likeness (QED) is 0.648. The lowest BCUT2D eigenvalue weighted by molar-refractivity contribution is -0.122. The molecule has 3 aromatic rings. The van der Waals surface area contributed by atoms with Gasteiger partial charge in [0, 0.05) is 24.9 Å². The van der Waals surface area contributed by atoms with Crippen molar-refractivity contribution in [2.75, 3.05) is 20.6 Å². The molecule has 1 aromatic carbocycles. The molecule has 0 saturated heterocycles. The average molecular weight is 381 g/mol. The molecular weight excluding hydrogens is 357 g/mol. The van der Waals surface area contributed by atoms with Gasteiger partial charge in [-0.25, -0.2) is 4.39 Å². The predicted octanol–water partition coefficient (Wildman–Crippen LogP) is 3.56. The van der Waals surface area contributed by atoms with Crippen LogP contribution in [-0.4, -0.2) is 36.4 Å². The number of carbonyl (C=O) groups is 1. The monoisotopic (exact) mass is 381 g/mol. The number of nitrogens with zero attached hydrogens (tertiary/aromatic N) is 2. The minimum absolute atomic E-state index is 0.0809. The van der Waals surface area contributed by atoms with Gasteiger partial charge in [-0.15, -0.1) is 0 Å². The third kappa shape index (κ3) is 5.04. The van der Waals surface area contributed by atoms with E-state index in [0.29, 0.717) is 13.0 Å². The zero-order valence-corrected chi connectivity index (χ0v) is 16.0. The van der Waals surface area contributed by atoms with Crippen LogP contribution in [0.15, 0.2) is 71.5 Å². The number of hydrogen-bond donors (Lipinski definition) is 1. The molecule has 3 rings (SSSR count). The summed E-state index contributed by atoms with van der Waals surface area (Å²) in [4.78, 5) is 19.4. The lowest BCUT2D eigenvalue weighted by atomic mass is 9.93. The van der Waals surface area contributed by atoms with E-state index >= 15 is 0 Å². The van der Waals surface area contributed by atoms with Gasteiger partial charge in [-0.3, -0.25) is 14.7 Å². The van der Waals surface area contributed by atoms with Gasteiger partial charge >= 0.3 is 0 Å². The molecule has 6 heteroatoms. The zero-order chi connectivity index (χ0) is 19.9. The normalized spacial score (nSPS) is 13.3. The fourth-order valence-electron chi connectivity index (χ4n) is 3.12. The van der Waals surface area contributed by atoms with Crippen LogP contribution in [0.5, 0.6) is 0 Å². The predicted molar refractivity (Wildman–Crippen MR) is 105 cm³/mol. The van der Waals surface area contributed by atoms with Crippen molar-refractivity contribution in [3.63, 3.8) is 0 Å². The molecule has 5 nitrogen and oxygen atoms in total. The highest BCUT2D eigenvalue weighted by atomic mass is 19.1. The minimum Gasteiger partial charge on any atom is -0.468 e.